The number of hydrogen-bond donors (Lipinski definition) is 2. The second-order valence-electron chi connectivity index (χ2n) is 5.02. The summed E-state index contributed by atoms with van der Waals surface area (Å²) in [6, 6.07) is 10.7. The fourth-order valence-corrected chi connectivity index (χ4v) is 2.29. The zero-order valence-electron chi connectivity index (χ0n) is 12.7. The number of nitrogen functional groups attached to an aromatic ring is 1. The molecule has 1 amide bonds. The topological polar surface area (TPSA) is 64.3 Å². The molecular weight excluding hydrogens is 344 g/mol. The minimum Gasteiger partial charge on any atom is -0.491 e. The standard InChI is InChI=1S/C17H19BrN2O2/c1-3-8-22-16-7-5-12(9-15(16)19)17(21)20-13-6-4-11(2)14(18)10-13/h4-7,9-10H,3,8,19H2,1-2H3,(H,20,21). The summed E-state index contributed by atoms with van der Waals surface area (Å²) in [5, 5.41) is 2.85. The maximum absolute atomic E-state index is 12.3. The Morgan fingerprint density at radius 1 is 1.27 bits per heavy atom. The van der Waals surface area contributed by atoms with Gasteiger partial charge in [0, 0.05) is 15.7 Å². The number of carbonyl (C=O) groups is 1. The van der Waals surface area contributed by atoms with E-state index in [2.05, 4.69) is 21.2 Å². The first-order valence-corrected chi connectivity index (χ1v) is 7.90. The molecule has 22 heavy (non-hydrogen) atoms. The molecule has 0 bridgehead atoms. The fourth-order valence-electron chi connectivity index (χ4n) is 1.91. The first kappa shape index (κ1) is 16.4. The van der Waals surface area contributed by atoms with E-state index in [0.717, 1.165) is 22.1 Å². The molecule has 4 nitrogen and oxygen atoms in total. The van der Waals surface area contributed by atoms with Gasteiger partial charge in [-0.05, 0) is 49.2 Å². The van der Waals surface area contributed by atoms with Gasteiger partial charge in [0.2, 0.25) is 0 Å². The minimum absolute atomic E-state index is 0.204. The molecule has 0 aliphatic rings. The van der Waals surface area contributed by atoms with Crippen molar-refractivity contribution in [2.45, 2.75) is 20.3 Å². The zero-order chi connectivity index (χ0) is 16.1. The molecule has 3 N–H and O–H groups in total. The van der Waals surface area contributed by atoms with Crippen molar-refractivity contribution >= 4 is 33.2 Å². The van der Waals surface area contributed by atoms with Crippen molar-refractivity contribution in [1.82, 2.24) is 0 Å². The van der Waals surface area contributed by atoms with Crippen molar-refractivity contribution in [1.29, 1.82) is 0 Å². The summed E-state index contributed by atoms with van der Waals surface area (Å²) in [5.74, 6) is 0.404. The van der Waals surface area contributed by atoms with E-state index in [-0.39, 0.29) is 5.91 Å². The molecule has 2 aromatic carbocycles. The van der Waals surface area contributed by atoms with Crippen LogP contribution in [0.25, 0.3) is 0 Å². The van der Waals surface area contributed by atoms with Gasteiger partial charge in [-0.25, -0.2) is 0 Å². The Morgan fingerprint density at radius 2 is 2.05 bits per heavy atom. The van der Waals surface area contributed by atoms with Crippen LogP contribution in [-0.4, -0.2) is 12.5 Å². The normalized spacial score (nSPS) is 10.3. The van der Waals surface area contributed by atoms with Crippen LogP contribution in [0.3, 0.4) is 0 Å². The van der Waals surface area contributed by atoms with E-state index in [1.165, 1.54) is 0 Å². The predicted molar refractivity (Wildman–Crippen MR) is 93.5 cm³/mol. The molecule has 0 spiro atoms. The summed E-state index contributed by atoms with van der Waals surface area (Å²) in [7, 11) is 0. The smallest absolute Gasteiger partial charge is 0.255 e. The van der Waals surface area contributed by atoms with E-state index < -0.39 is 0 Å². The summed E-state index contributed by atoms with van der Waals surface area (Å²) < 4.78 is 6.46. The van der Waals surface area contributed by atoms with Gasteiger partial charge in [-0.15, -0.1) is 0 Å². The van der Waals surface area contributed by atoms with Crippen molar-refractivity contribution in [3.05, 3.63) is 52.0 Å². The van der Waals surface area contributed by atoms with Gasteiger partial charge in [0.15, 0.2) is 0 Å². The molecule has 0 radical (unpaired) electrons. The molecule has 2 rings (SSSR count). The van der Waals surface area contributed by atoms with Crippen LogP contribution in [0, 0.1) is 6.92 Å². The Hall–Kier alpha value is -2.01. The predicted octanol–water partition coefficient (Wildman–Crippen LogP) is 4.38. The van der Waals surface area contributed by atoms with Crippen LogP contribution >= 0.6 is 15.9 Å². The molecule has 2 aromatic rings. The zero-order valence-corrected chi connectivity index (χ0v) is 14.2. The quantitative estimate of drug-likeness (QED) is 0.775. The summed E-state index contributed by atoms with van der Waals surface area (Å²) in [4.78, 5) is 12.3. The van der Waals surface area contributed by atoms with Gasteiger partial charge in [-0.1, -0.05) is 28.9 Å². The van der Waals surface area contributed by atoms with Gasteiger partial charge in [0.1, 0.15) is 5.75 Å². The Bertz CT molecular complexity index is 686. The highest BCUT2D eigenvalue weighted by atomic mass is 79.9. The first-order valence-electron chi connectivity index (χ1n) is 7.11. The molecule has 0 atom stereocenters. The second-order valence-corrected chi connectivity index (χ2v) is 5.87. The molecule has 5 heteroatoms. The minimum atomic E-state index is -0.204. The largest absolute Gasteiger partial charge is 0.491 e. The lowest BCUT2D eigenvalue weighted by Gasteiger charge is -2.10. The number of nitrogens with two attached hydrogens (primary N) is 1. The average Bonchev–Trinajstić information content (AvgIpc) is 2.49. The molecule has 0 saturated heterocycles. The van der Waals surface area contributed by atoms with Gasteiger partial charge in [-0.2, -0.15) is 0 Å². The molecule has 0 aromatic heterocycles. The van der Waals surface area contributed by atoms with E-state index in [0.29, 0.717) is 23.6 Å². The van der Waals surface area contributed by atoms with Gasteiger partial charge in [0.25, 0.3) is 5.91 Å². The molecule has 0 aliphatic carbocycles. The van der Waals surface area contributed by atoms with Crippen LogP contribution in [0.1, 0.15) is 29.3 Å². The van der Waals surface area contributed by atoms with Crippen molar-refractivity contribution in [2.24, 2.45) is 0 Å². The third kappa shape index (κ3) is 4.01. The lowest BCUT2D eigenvalue weighted by Crippen LogP contribution is -2.12. The van der Waals surface area contributed by atoms with Crippen molar-refractivity contribution in [3.63, 3.8) is 0 Å². The number of hydrogen-bond acceptors (Lipinski definition) is 3. The van der Waals surface area contributed by atoms with E-state index >= 15 is 0 Å². The number of rotatable bonds is 5. The van der Waals surface area contributed by atoms with Crippen LogP contribution in [0.4, 0.5) is 11.4 Å². The van der Waals surface area contributed by atoms with Crippen molar-refractivity contribution in [2.75, 3.05) is 17.7 Å². The maximum Gasteiger partial charge on any atom is 0.255 e. The number of ether oxygens (including phenoxy) is 1. The lowest BCUT2D eigenvalue weighted by molar-refractivity contribution is 0.102. The van der Waals surface area contributed by atoms with Crippen LogP contribution in [0.5, 0.6) is 5.75 Å². The fraction of sp³-hybridized carbons (Fsp3) is 0.235. The number of anilines is 2. The molecule has 0 saturated carbocycles. The average molecular weight is 363 g/mol. The number of nitrogens with one attached hydrogen (secondary N) is 1. The first-order chi connectivity index (χ1) is 10.5. The van der Waals surface area contributed by atoms with Crippen LogP contribution in [-0.2, 0) is 0 Å². The highest BCUT2D eigenvalue weighted by Crippen LogP contribution is 2.24. The summed E-state index contributed by atoms with van der Waals surface area (Å²) >= 11 is 3.45. The number of halogens is 1. The molecule has 0 aliphatic heterocycles. The van der Waals surface area contributed by atoms with E-state index in [4.69, 9.17) is 10.5 Å². The number of amides is 1. The molecule has 116 valence electrons. The monoisotopic (exact) mass is 362 g/mol. The highest BCUT2D eigenvalue weighted by Gasteiger charge is 2.10. The third-order valence-corrected chi connectivity index (χ3v) is 4.02. The van der Waals surface area contributed by atoms with Crippen molar-refractivity contribution < 1.29 is 9.53 Å². The van der Waals surface area contributed by atoms with Gasteiger partial charge < -0.3 is 15.8 Å². The van der Waals surface area contributed by atoms with Gasteiger partial charge in [0.05, 0.1) is 12.3 Å². The van der Waals surface area contributed by atoms with Gasteiger partial charge >= 0.3 is 0 Å². The lowest BCUT2D eigenvalue weighted by atomic mass is 10.1. The maximum atomic E-state index is 12.3. The SMILES string of the molecule is CCCOc1ccc(C(=O)Nc2ccc(C)c(Br)c2)cc1N. The van der Waals surface area contributed by atoms with Gasteiger partial charge in [-0.3, -0.25) is 4.79 Å². The second kappa shape index (κ2) is 7.31. The van der Waals surface area contributed by atoms with Crippen molar-refractivity contribution in [3.8, 4) is 5.75 Å². The number of carbonyl (C=O) groups excluding carboxylic acids is 1. The van der Waals surface area contributed by atoms with Crippen LogP contribution in [0.2, 0.25) is 0 Å². The number of benzene rings is 2. The van der Waals surface area contributed by atoms with E-state index in [9.17, 15) is 4.79 Å². The molecule has 0 unspecified atom stereocenters. The molecular formula is C17H19BrN2O2. The number of aryl methyl sites for hydroxylation is 1. The van der Waals surface area contributed by atoms with Crippen LogP contribution < -0.4 is 15.8 Å². The Kier molecular flexibility index (Phi) is 5.44. The van der Waals surface area contributed by atoms with Crippen LogP contribution in [0.15, 0.2) is 40.9 Å². The summed E-state index contributed by atoms with van der Waals surface area (Å²) in [6.45, 7) is 4.62. The Labute approximate surface area is 138 Å². The summed E-state index contributed by atoms with van der Waals surface area (Å²) in [6.07, 6.45) is 0.907. The Morgan fingerprint density at radius 3 is 2.68 bits per heavy atom. The van der Waals surface area contributed by atoms with E-state index in [1.807, 2.05) is 32.0 Å². The molecule has 0 fully saturated rings. The molecule has 0 heterocycles. The highest BCUT2D eigenvalue weighted by molar-refractivity contribution is 9.10. The van der Waals surface area contributed by atoms with E-state index in [1.54, 1.807) is 18.2 Å². The Balaban J connectivity index is 2.12. The summed E-state index contributed by atoms with van der Waals surface area (Å²) in [5.41, 5.74) is 8.73. The third-order valence-electron chi connectivity index (χ3n) is 3.16.